The maximum atomic E-state index is 12.4. The smallest absolute Gasteiger partial charge is 0.226 e. The lowest BCUT2D eigenvalue weighted by molar-refractivity contribution is -0.136. The van der Waals surface area contributed by atoms with E-state index in [-0.39, 0.29) is 24.2 Å². The van der Waals surface area contributed by atoms with E-state index in [9.17, 15) is 4.79 Å². The second kappa shape index (κ2) is 8.28. The van der Waals surface area contributed by atoms with Crippen molar-refractivity contribution in [2.45, 2.75) is 32.7 Å². The zero-order valence-electron chi connectivity index (χ0n) is 12.1. The number of amides is 1. The van der Waals surface area contributed by atoms with Gasteiger partial charge in [-0.25, -0.2) is 0 Å². The Hall–Kier alpha value is -1.06. The van der Waals surface area contributed by atoms with E-state index in [1.165, 1.54) is 24.8 Å². The minimum absolute atomic E-state index is 0. The average Bonchev–Trinajstić information content (AvgIpc) is 2.40. The highest BCUT2D eigenvalue weighted by Gasteiger charge is 2.25. The van der Waals surface area contributed by atoms with Crippen molar-refractivity contribution in [3.05, 3.63) is 35.9 Å². The van der Waals surface area contributed by atoms with E-state index in [1.807, 2.05) is 30.0 Å². The average molecular weight is 297 g/mol. The molecule has 1 unspecified atom stereocenters. The molecule has 0 spiro atoms. The second-order valence-electron chi connectivity index (χ2n) is 5.64. The molecule has 2 N–H and O–H groups in total. The lowest BCUT2D eigenvalue weighted by Crippen LogP contribution is -2.41. The van der Waals surface area contributed by atoms with Crippen molar-refractivity contribution < 1.29 is 4.79 Å². The summed E-state index contributed by atoms with van der Waals surface area (Å²) >= 11 is 0. The molecule has 0 saturated heterocycles. The summed E-state index contributed by atoms with van der Waals surface area (Å²) in [5.74, 6) is 0.805. The van der Waals surface area contributed by atoms with Crippen LogP contribution in [0, 0.1) is 11.8 Å². The van der Waals surface area contributed by atoms with Gasteiger partial charge in [-0.15, -0.1) is 12.4 Å². The molecule has 0 aromatic heterocycles. The molecule has 1 fully saturated rings. The SMILES string of the molecule is CC(CN)C(=O)N(Cc1ccccc1)CC1CCC1.Cl. The monoisotopic (exact) mass is 296 g/mol. The molecule has 1 aromatic rings. The largest absolute Gasteiger partial charge is 0.338 e. The molecule has 1 atom stereocenters. The summed E-state index contributed by atoms with van der Waals surface area (Å²) in [6, 6.07) is 10.2. The van der Waals surface area contributed by atoms with Crippen LogP contribution in [0.4, 0.5) is 0 Å². The second-order valence-corrected chi connectivity index (χ2v) is 5.64. The molecule has 20 heavy (non-hydrogen) atoms. The molecule has 3 nitrogen and oxygen atoms in total. The summed E-state index contributed by atoms with van der Waals surface area (Å²) in [6.07, 6.45) is 3.83. The molecule has 112 valence electrons. The summed E-state index contributed by atoms with van der Waals surface area (Å²) in [4.78, 5) is 14.4. The third-order valence-electron chi connectivity index (χ3n) is 4.01. The lowest BCUT2D eigenvalue weighted by Gasteiger charge is -2.33. The van der Waals surface area contributed by atoms with Crippen LogP contribution in [0.3, 0.4) is 0 Å². The van der Waals surface area contributed by atoms with Crippen LogP contribution < -0.4 is 5.73 Å². The van der Waals surface area contributed by atoms with Gasteiger partial charge in [0.25, 0.3) is 0 Å². The van der Waals surface area contributed by atoms with Crippen molar-refractivity contribution in [3.8, 4) is 0 Å². The quantitative estimate of drug-likeness (QED) is 0.877. The van der Waals surface area contributed by atoms with E-state index in [2.05, 4.69) is 12.1 Å². The Morgan fingerprint density at radius 1 is 1.35 bits per heavy atom. The molecular weight excluding hydrogens is 272 g/mol. The number of benzene rings is 1. The molecule has 1 aliphatic rings. The van der Waals surface area contributed by atoms with Crippen LogP contribution in [-0.2, 0) is 11.3 Å². The van der Waals surface area contributed by atoms with Crippen LogP contribution in [0.1, 0.15) is 31.7 Å². The Balaban J connectivity index is 0.00000200. The zero-order valence-corrected chi connectivity index (χ0v) is 12.9. The molecule has 0 heterocycles. The van der Waals surface area contributed by atoms with Gasteiger partial charge >= 0.3 is 0 Å². The van der Waals surface area contributed by atoms with Gasteiger partial charge in [-0.05, 0) is 24.3 Å². The number of carbonyl (C=O) groups is 1. The van der Waals surface area contributed by atoms with Gasteiger partial charge in [0.05, 0.1) is 0 Å². The first-order valence-corrected chi connectivity index (χ1v) is 7.23. The molecule has 1 aliphatic carbocycles. The fraction of sp³-hybridized carbons (Fsp3) is 0.562. The van der Waals surface area contributed by atoms with Gasteiger partial charge in [-0.1, -0.05) is 43.7 Å². The molecular formula is C16H25ClN2O. The highest BCUT2D eigenvalue weighted by Crippen LogP contribution is 2.28. The first-order valence-electron chi connectivity index (χ1n) is 7.23. The topological polar surface area (TPSA) is 46.3 Å². The molecule has 1 amide bonds. The van der Waals surface area contributed by atoms with E-state index in [1.54, 1.807) is 0 Å². The highest BCUT2D eigenvalue weighted by atomic mass is 35.5. The lowest BCUT2D eigenvalue weighted by atomic mass is 9.85. The van der Waals surface area contributed by atoms with Crippen molar-refractivity contribution in [1.82, 2.24) is 4.90 Å². The van der Waals surface area contributed by atoms with Crippen molar-refractivity contribution in [2.75, 3.05) is 13.1 Å². The maximum absolute atomic E-state index is 12.4. The first-order chi connectivity index (χ1) is 9.20. The van der Waals surface area contributed by atoms with E-state index in [0.717, 1.165) is 6.54 Å². The van der Waals surface area contributed by atoms with E-state index < -0.39 is 0 Å². The van der Waals surface area contributed by atoms with Crippen LogP contribution in [0.15, 0.2) is 30.3 Å². The third-order valence-corrected chi connectivity index (χ3v) is 4.01. The number of nitrogens with zero attached hydrogens (tertiary/aromatic N) is 1. The number of hydrogen-bond donors (Lipinski definition) is 1. The van der Waals surface area contributed by atoms with Crippen LogP contribution in [-0.4, -0.2) is 23.9 Å². The number of nitrogens with two attached hydrogens (primary N) is 1. The van der Waals surface area contributed by atoms with E-state index in [4.69, 9.17) is 5.73 Å². The van der Waals surface area contributed by atoms with Gasteiger partial charge < -0.3 is 10.6 Å². The number of carbonyl (C=O) groups excluding carboxylic acids is 1. The van der Waals surface area contributed by atoms with E-state index >= 15 is 0 Å². The van der Waals surface area contributed by atoms with Crippen LogP contribution in [0.5, 0.6) is 0 Å². The number of halogens is 1. The Bertz CT molecular complexity index is 406. The molecule has 2 rings (SSSR count). The molecule has 1 saturated carbocycles. The van der Waals surface area contributed by atoms with Crippen LogP contribution >= 0.6 is 12.4 Å². The Labute approximate surface area is 127 Å². The molecule has 1 aromatic carbocycles. The zero-order chi connectivity index (χ0) is 13.7. The van der Waals surface area contributed by atoms with Gasteiger partial charge in [0, 0.05) is 25.6 Å². The number of hydrogen-bond acceptors (Lipinski definition) is 2. The standard InChI is InChI=1S/C16H24N2O.ClH/c1-13(10-17)16(19)18(12-15-8-5-9-15)11-14-6-3-2-4-7-14;/h2-4,6-7,13,15H,5,8-12,17H2,1H3;1H. The van der Waals surface area contributed by atoms with Gasteiger partial charge in [-0.3, -0.25) is 4.79 Å². The fourth-order valence-corrected chi connectivity index (χ4v) is 2.44. The summed E-state index contributed by atoms with van der Waals surface area (Å²) in [5.41, 5.74) is 6.83. The summed E-state index contributed by atoms with van der Waals surface area (Å²) < 4.78 is 0. The highest BCUT2D eigenvalue weighted by molar-refractivity contribution is 5.85. The molecule has 0 radical (unpaired) electrons. The van der Waals surface area contributed by atoms with Crippen molar-refractivity contribution >= 4 is 18.3 Å². The van der Waals surface area contributed by atoms with Gasteiger partial charge in [0.2, 0.25) is 5.91 Å². The Kier molecular flexibility index (Phi) is 7.03. The van der Waals surface area contributed by atoms with Crippen molar-refractivity contribution in [3.63, 3.8) is 0 Å². The van der Waals surface area contributed by atoms with Crippen molar-refractivity contribution in [1.29, 1.82) is 0 Å². The fourth-order valence-electron chi connectivity index (χ4n) is 2.44. The Morgan fingerprint density at radius 3 is 2.50 bits per heavy atom. The van der Waals surface area contributed by atoms with Gasteiger partial charge in [0.15, 0.2) is 0 Å². The third kappa shape index (κ3) is 4.50. The molecule has 0 aliphatic heterocycles. The minimum atomic E-state index is -0.0798. The summed E-state index contributed by atoms with van der Waals surface area (Å²) in [5, 5.41) is 0. The van der Waals surface area contributed by atoms with E-state index in [0.29, 0.717) is 19.0 Å². The van der Waals surface area contributed by atoms with Gasteiger partial charge in [-0.2, -0.15) is 0 Å². The predicted octanol–water partition coefficient (Wildman–Crippen LogP) is 2.83. The molecule has 0 bridgehead atoms. The summed E-state index contributed by atoms with van der Waals surface area (Å²) in [7, 11) is 0. The molecule has 4 heteroatoms. The van der Waals surface area contributed by atoms with Gasteiger partial charge in [0.1, 0.15) is 0 Å². The predicted molar refractivity (Wildman–Crippen MR) is 84.7 cm³/mol. The Morgan fingerprint density at radius 2 is 2.00 bits per heavy atom. The number of rotatable bonds is 6. The first kappa shape index (κ1) is 17.0. The normalized spacial score (nSPS) is 15.9. The van der Waals surface area contributed by atoms with Crippen LogP contribution in [0.2, 0.25) is 0 Å². The summed E-state index contributed by atoms with van der Waals surface area (Å²) in [6.45, 7) is 3.94. The minimum Gasteiger partial charge on any atom is -0.338 e. The van der Waals surface area contributed by atoms with Crippen molar-refractivity contribution in [2.24, 2.45) is 17.6 Å². The maximum Gasteiger partial charge on any atom is 0.226 e. The van der Waals surface area contributed by atoms with Crippen LogP contribution in [0.25, 0.3) is 0 Å².